The number of carbonyl (C=O) groups is 1. The highest BCUT2D eigenvalue weighted by atomic mass is 32.2. The predicted molar refractivity (Wildman–Crippen MR) is 109 cm³/mol. The fraction of sp³-hybridized carbons (Fsp3) is 0.500. The largest absolute Gasteiger partial charge is 0.440 e. The van der Waals surface area contributed by atoms with Crippen molar-refractivity contribution in [1.29, 1.82) is 0 Å². The quantitative estimate of drug-likeness (QED) is 0.583. The molecule has 0 unspecified atom stereocenters. The molecule has 2 aromatic rings. The number of fused-ring (bicyclic) bond motifs is 1. The Morgan fingerprint density at radius 1 is 1.17 bits per heavy atom. The van der Waals surface area contributed by atoms with E-state index in [2.05, 4.69) is 10.3 Å². The highest BCUT2D eigenvalue weighted by Crippen LogP contribution is 2.30. The molecule has 1 aromatic heterocycles. The van der Waals surface area contributed by atoms with Gasteiger partial charge in [0.15, 0.2) is 0 Å². The van der Waals surface area contributed by atoms with Gasteiger partial charge in [-0.3, -0.25) is 4.79 Å². The lowest BCUT2D eigenvalue weighted by molar-refractivity contribution is -0.159. The fourth-order valence-corrected chi connectivity index (χ4v) is 4.73. The Hall–Kier alpha value is -2.23. The zero-order chi connectivity index (χ0) is 21.1. The first-order valence-corrected chi connectivity index (χ1v) is 11.0. The van der Waals surface area contributed by atoms with Gasteiger partial charge in [0.2, 0.25) is 22.7 Å². The maximum Gasteiger partial charge on any atom is 0.314 e. The SMILES string of the molecule is CC(C)(C)C(=O)OCOc1nccc2c(S(=O)(=O)N3CCCNCC3)cccc12. The van der Waals surface area contributed by atoms with E-state index >= 15 is 0 Å². The standard InChI is InChI=1S/C20H27N3O5S/c1-20(2,3)19(24)28-14-27-18-16-6-4-7-17(15(16)8-10-22-18)29(25,26)23-12-5-9-21-11-13-23/h4,6-8,10,21H,5,9,11-14H2,1-3H3. The number of esters is 1. The molecule has 1 aliphatic heterocycles. The molecule has 1 fully saturated rings. The van der Waals surface area contributed by atoms with Crippen LogP contribution in [0.5, 0.6) is 5.88 Å². The van der Waals surface area contributed by atoms with Crippen LogP contribution in [0.2, 0.25) is 0 Å². The minimum atomic E-state index is -3.66. The molecule has 0 bridgehead atoms. The van der Waals surface area contributed by atoms with E-state index in [-0.39, 0.29) is 17.6 Å². The highest BCUT2D eigenvalue weighted by molar-refractivity contribution is 7.89. The molecule has 1 aliphatic rings. The van der Waals surface area contributed by atoms with Crippen molar-refractivity contribution in [3.8, 4) is 5.88 Å². The van der Waals surface area contributed by atoms with Gasteiger partial charge >= 0.3 is 5.97 Å². The van der Waals surface area contributed by atoms with Gasteiger partial charge in [0.25, 0.3) is 0 Å². The first-order chi connectivity index (χ1) is 13.7. The molecule has 9 heteroatoms. The van der Waals surface area contributed by atoms with E-state index in [0.717, 1.165) is 13.0 Å². The lowest BCUT2D eigenvalue weighted by Gasteiger charge is -2.21. The Kier molecular flexibility index (Phi) is 6.40. The summed E-state index contributed by atoms with van der Waals surface area (Å²) in [5, 5.41) is 4.29. The lowest BCUT2D eigenvalue weighted by atomic mass is 9.98. The van der Waals surface area contributed by atoms with Crippen LogP contribution in [0.4, 0.5) is 0 Å². The zero-order valence-corrected chi connectivity index (χ0v) is 17.8. The highest BCUT2D eigenvalue weighted by Gasteiger charge is 2.27. The number of nitrogens with zero attached hydrogens (tertiary/aromatic N) is 2. The summed E-state index contributed by atoms with van der Waals surface area (Å²) in [5.41, 5.74) is -0.640. The van der Waals surface area contributed by atoms with Gasteiger partial charge in [0.1, 0.15) is 0 Å². The van der Waals surface area contributed by atoms with E-state index in [1.807, 2.05) is 0 Å². The molecule has 2 heterocycles. The minimum absolute atomic E-state index is 0.218. The van der Waals surface area contributed by atoms with Crippen molar-refractivity contribution < 1.29 is 22.7 Å². The van der Waals surface area contributed by atoms with E-state index in [4.69, 9.17) is 9.47 Å². The first-order valence-electron chi connectivity index (χ1n) is 9.60. The molecule has 8 nitrogen and oxygen atoms in total. The van der Waals surface area contributed by atoms with E-state index < -0.39 is 21.4 Å². The van der Waals surface area contributed by atoms with Crippen molar-refractivity contribution in [1.82, 2.24) is 14.6 Å². The molecular weight excluding hydrogens is 394 g/mol. The number of hydrogen-bond donors (Lipinski definition) is 1. The van der Waals surface area contributed by atoms with Gasteiger partial charge in [-0.2, -0.15) is 4.31 Å². The second kappa shape index (κ2) is 8.64. The Labute approximate surface area is 171 Å². The van der Waals surface area contributed by atoms with Crippen LogP contribution in [0.3, 0.4) is 0 Å². The van der Waals surface area contributed by atoms with Gasteiger partial charge in [-0.25, -0.2) is 13.4 Å². The topological polar surface area (TPSA) is 97.8 Å². The molecule has 1 aromatic carbocycles. The molecule has 0 saturated carbocycles. The van der Waals surface area contributed by atoms with Crippen LogP contribution in [-0.2, 0) is 19.6 Å². The van der Waals surface area contributed by atoms with Crippen LogP contribution in [-0.4, -0.2) is 56.6 Å². The molecule has 3 rings (SSSR count). The normalized spacial score (nSPS) is 16.4. The summed E-state index contributed by atoms with van der Waals surface area (Å²) in [4.78, 5) is 16.3. The summed E-state index contributed by atoms with van der Waals surface area (Å²) in [6, 6.07) is 6.67. The second-order valence-electron chi connectivity index (χ2n) is 7.92. The number of carbonyl (C=O) groups excluding carboxylic acids is 1. The molecule has 0 amide bonds. The van der Waals surface area contributed by atoms with Crippen LogP contribution in [0.15, 0.2) is 35.4 Å². The number of pyridine rings is 1. The Morgan fingerprint density at radius 2 is 1.97 bits per heavy atom. The van der Waals surface area contributed by atoms with Crippen molar-refractivity contribution >= 4 is 26.8 Å². The third-order valence-corrected chi connectivity index (χ3v) is 6.60. The van der Waals surface area contributed by atoms with Crippen LogP contribution >= 0.6 is 0 Å². The molecule has 1 N–H and O–H groups in total. The molecule has 0 aliphatic carbocycles. The van der Waals surface area contributed by atoms with Gasteiger partial charge in [-0.15, -0.1) is 0 Å². The number of benzene rings is 1. The molecule has 0 spiro atoms. The van der Waals surface area contributed by atoms with E-state index in [0.29, 0.717) is 30.4 Å². The van der Waals surface area contributed by atoms with Gasteiger partial charge in [0.05, 0.1) is 10.3 Å². The number of nitrogens with one attached hydrogen (secondary N) is 1. The summed E-state index contributed by atoms with van der Waals surface area (Å²) in [6.45, 7) is 7.29. The summed E-state index contributed by atoms with van der Waals surface area (Å²) in [6.07, 6.45) is 2.26. The van der Waals surface area contributed by atoms with Gasteiger partial charge < -0.3 is 14.8 Å². The number of sulfonamides is 1. The molecule has 0 atom stereocenters. The van der Waals surface area contributed by atoms with E-state index in [9.17, 15) is 13.2 Å². The number of aromatic nitrogens is 1. The Morgan fingerprint density at radius 3 is 2.72 bits per heavy atom. The third kappa shape index (κ3) is 4.85. The van der Waals surface area contributed by atoms with Crippen molar-refractivity contribution in [2.75, 3.05) is 33.0 Å². The maximum atomic E-state index is 13.2. The number of ether oxygens (including phenoxy) is 2. The van der Waals surface area contributed by atoms with Crippen LogP contribution in [0.25, 0.3) is 10.8 Å². The van der Waals surface area contributed by atoms with Crippen molar-refractivity contribution in [3.63, 3.8) is 0 Å². The van der Waals surface area contributed by atoms with E-state index in [1.54, 1.807) is 45.0 Å². The number of hydrogen-bond acceptors (Lipinski definition) is 7. The monoisotopic (exact) mass is 421 g/mol. The van der Waals surface area contributed by atoms with Crippen LogP contribution in [0, 0.1) is 5.41 Å². The van der Waals surface area contributed by atoms with Crippen LogP contribution in [0.1, 0.15) is 27.2 Å². The minimum Gasteiger partial charge on any atom is -0.440 e. The van der Waals surface area contributed by atoms with Crippen LogP contribution < -0.4 is 10.1 Å². The summed E-state index contributed by atoms with van der Waals surface area (Å²) < 4.78 is 38.7. The fourth-order valence-electron chi connectivity index (χ4n) is 3.05. The Balaban J connectivity index is 1.88. The second-order valence-corrected chi connectivity index (χ2v) is 9.83. The lowest BCUT2D eigenvalue weighted by Crippen LogP contribution is -2.34. The molecule has 0 radical (unpaired) electrons. The maximum absolute atomic E-state index is 13.2. The summed E-state index contributed by atoms with van der Waals surface area (Å²) in [5.74, 6) is -0.172. The number of rotatable bonds is 5. The van der Waals surface area contributed by atoms with Gasteiger partial charge in [-0.05, 0) is 51.9 Å². The van der Waals surface area contributed by atoms with Crippen molar-refractivity contribution in [3.05, 3.63) is 30.5 Å². The molecular formula is C20H27N3O5S. The van der Waals surface area contributed by atoms with Gasteiger partial charge in [0, 0.05) is 36.6 Å². The van der Waals surface area contributed by atoms with Gasteiger partial charge in [-0.1, -0.05) is 6.07 Å². The average Bonchev–Trinajstić information content (AvgIpc) is 2.97. The Bertz CT molecular complexity index is 977. The van der Waals surface area contributed by atoms with E-state index in [1.165, 1.54) is 10.5 Å². The molecule has 158 valence electrons. The zero-order valence-electron chi connectivity index (χ0n) is 17.0. The van der Waals surface area contributed by atoms with Crippen molar-refractivity contribution in [2.45, 2.75) is 32.1 Å². The summed E-state index contributed by atoms with van der Waals surface area (Å²) >= 11 is 0. The van der Waals surface area contributed by atoms with Crippen molar-refractivity contribution in [2.24, 2.45) is 5.41 Å². The first kappa shape index (κ1) is 21.5. The predicted octanol–water partition coefficient (Wildman–Crippen LogP) is 2.14. The summed E-state index contributed by atoms with van der Waals surface area (Å²) in [7, 11) is -3.66. The third-order valence-electron chi connectivity index (χ3n) is 4.64. The smallest absolute Gasteiger partial charge is 0.314 e. The molecule has 29 heavy (non-hydrogen) atoms. The average molecular weight is 422 g/mol. The molecule has 1 saturated heterocycles.